The second-order valence-electron chi connectivity index (χ2n) is 4.48. The highest BCUT2D eigenvalue weighted by Crippen LogP contribution is 2.32. The summed E-state index contributed by atoms with van der Waals surface area (Å²) in [6.45, 7) is 6.54. The third-order valence-electron chi connectivity index (χ3n) is 2.28. The number of nitrogens with one attached hydrogen (secondary N) is 1. The highest BCUT2D eigenvalue weighted by molar-refractivity contribution is 9.10. The molecule has 0 aliphatic rings. The van der Waals surface area contributed by atoms with Crippen LogP contribution in [0.15, 0.2) is 22.7 Å². The third kappa shape index (κ3) is 1.46. The first-order valence-electron chi connectivity index (χ1n) is 4.63. The fourth-order valence-electron chi connectivity index (χ4n) is 1.57. The number of benzene rings is 1. The Hall–Kier alpha value is -0.830. The molecule has 74 valence electrons. The summed E-state index contributed by atoms with van der Waals surface area (Å²) in [5.41, 5.74) is 2.29. The second kappa shape index (κ2) is 3.09. The predicted octanol–water partition coefficient (Wildman–Crippen LogP) is 3.62. The highest BCUT2D eigenvalue weighted by Gasteiger charge is 2.20. The van der Waals surface area contributed by atoms with Crippen LogP contribution in [0.3, 0.4) is 0 Å². The van der Waals surface area contributed by atoms with E-state index in [2.05, 4.69) is 46.9 Å². The van der Waals surface area contributed by atoms with E-state index in [1.807, 2.05) is 18.2 Å². The Kier molecular flexibility index (Phi) is 2.14. The molecule has 0 radical (unpaired) electrons. The van der Waals surface area contributed by atoms with Crippen molar-refractivity contribution in [2.24, 2.45) is 0 Å². The van der Waals surface area contributed by atoms with Crippen LogP contribution in [-0.4, -0.2) is 10.2 Å². The summed E-state index contributed by atoms with van der Waals surface area (Å²) in [5, 5.41) is 8.60. The van der Waals surface area contributed by atoms with Crippen molar-refractivity contribution in [2.45, 2.75) is 26.2 Å². The first-order chi connectivity index (χ1) is 6.50. The number of nitrogens with zero attached hydrogens (tertiary/aromatic N) is 1. The standard InChI is InChI=1S/C11H13BrN2/c1-11(2,3)10-9-7(12)5-4-6-8(9)13-14-10/h4-6H,1-3H3,(H,13,14). The van der Waals surface area contributed by atoms with Gasteiger partial charge in [-0.15, -0.1) is 0 Å². The normalized spacial score (nSPS) is 12.3. The average molecular weight is 253 g/mol. The summed E-state index contributed by atoms with van der Waals surface area (Å²) in [6.07, 6.45) is 0. The Morgan fingerprint density at radius 3 is 2.64 bits per heavy atom. The molecule has 0 amide bonds. The Bertz CT molecular complexity index is 466. The summed E-state index contributed by atoms with van der Waals surface area (Å²) in [6, 6.07) is 6.07. The molecule has 0 aliphatic heterocycles. The third-order valence-corrected chi connectivity index (χ3v) is 2.94. The van der Waals surface area contributed by atoms with Crippen LogP contribution in [0.2, 0.25) is 0 Å². The summed E-state index contributed by atoms with van der Waals surface area (Å²) < 4.78 is 1.11. The van der Waals surface area contributed by atoms with Gasteiger partial charge in [0.2, 0.25) is 0 Å². The van der Waals surface area contributed by atoms with Crippen molar-refractivity contribution in [3.05, 3.63) is 28.4 Å². The lowest BCUT2D eigenvalue weighted by atomic mass is 9.90. The van der Waals surface area contributed by atoms with Gasteiger partial charge in [-0.2, -0.15) is 5.10 Å². The molecule has 0 saturated heterocycles. The van der Waals surface area contributed by atoms with Crippen molar-refractivity contribution in [1.29, 1.82) is 0 Å². The van der Waals surface area contributed by atoms with Crippen LogP contribution in [0, 0.1) is 0 Å². The maximum atomic E-state index is 4.29. The summed E-state index contributed by atoms with van der Waals surface area (Å²) >= 11 is 3.56. The molecular weight excluding hydrogens is 240 g/mol. The highest BCUT2D eigenvalue weighted by atomic mass is 79.9. The van der Waals surface area contributed by atoms with Crippen molar-refractivity contribution in [1.82, 2.24) is 10.2 Å². The number of fused-ring (bicyclic) bond motifs is 1. The monoisotopic (exact) mass is 252 g/mol. The van der Waals surface area contributed by atoms with E-state index in [4.69, 9.17) is 0 Å². The van der Waals surface area contributed by atoms with Gasteiger partial charge in [0.05, 0.1) is 5.52 Å². The summed E-state index contributed by atoms with van der Waals surface area (Å²) in [7, 11) is 0. The van der Waals surface area contributed by atoms with Crippen molar-refractivity contribution in [3.63, 3.8) is 0 Å². The van der Waals surface area contributed by atoms with Gasteiger partial charge in [0.15, 0.2) is 0 Å². The van der Waals surface area contributed by atoms with E-state index in [-0.39, 0.29) is 5.41 Å². The molecule has 1 heterocycles. The number of halogens is 1. The van der Waals surface area contributed by atoms with Crippen LogP contribution in [-0.2, 0) is 5.41 Å². The van der Waals surface area contributed by atoms with Gasteiger partial charge in [0.25, 0.3) is 0 Å². The van der Waals surface area contributed by atoms with Gasteiger partial charge in [-0.1, -0.05) is 42.8 Å². The lowest BCUT2D eigenvalue weighted by molar-refractivity contribution is 0.571. The van der Waals surface area contributed by atoms with Crippen LogP contribution in [0.4, 0.5) is 0 Å². The van der Waals surface area contributed by atoms with Crippen LogP contribution in [0.1, 0.15) is 26.5 Å². The minimum absolute atomic E-state index is 0.0959. The van der Waals surface area contributed by atoms with Gasteiger partial charge in [0, 0.05) is 21.0 Å². The van der Waals surface area contributed by atoms with E-state index in [0.29, 0.717) is 0 Å². The lowest BCUT2D eigenvalue weighted by Gasteiger charge is -2.16. The molecule has 0 fully saturated rings. The van der Waals surface area contributed by atoms with E-state index in [1.54, 1.807) is 0 Å². The first-order valence-corrected chi connectivity index (χ1v) is 5.42. The van der Waals surface area contributed by atoms with Crippen LogP contribution < -0.4 is 0 Å². The fourth-order valence-corrected chi connectivity index (χ4v) is 2.12. The SMILES string of the molecule is CC(C)(C)c1[nH]nc2cccc(Br)c12. The molecular formula is C11H13BrN2. The van der Waals surface area contributed by atoms with Gasteiger partial charge in [0.1, 0.15) is 0 Å². The van der Waals surface area contributed by atoms with Crippen molar-refractivity contribution >= 4 is 26.8 Å². The van der Waals surface area contributed by atoms with E-state index < -0.39 is 0 Å². The molecule has 2 rings (SSSR count). The van der Waals surface area contributed by atoms with E-state index in [1.165, 1.54) is 11.1 Å². The minimum Gasteiger partial charge on any atom is -0.281 e. The molecule has 1 aromatic carbocycles. The zero-order valence-electron chi connectivity index (χ0n) is 8.56. The maximum Gasteiger partial charge on any atom is 0.0935 e. The first kappa shape index (κ1) is 9.71. The molecule has 2 aromatic rings. The summed E-state index contributed by atoms with van der Waals surface area (Å²) in [5.74, 6) is 0. The van der Waals surface area contributed by atoms with E-state index >= 15 is 0 Å². The molecule has 0 spiro atoms. The average Bonchev–Trinajstić information content (AvgIpc) is 2.47. The number of hydrogen-bond donors (Lipinski definition) is 1. The van der Waals surface area contributed by atoms with Crippen molar-refractivity contribution < 1.29 is 0 Å². The minimum atomic E-state index is 0.0959. The Labute approximate surface area is 91.8 Å². The van der Waals surface area contributed by atoms with Crippen LogP contribution >= 0.6 is 15.9 Å². The second-order valence-corrected chi connectivity index (χ2v) is 5.34. The van der Waals surface area contributed by atoms with Gasteiger partial charge in [-0.25, -0.2) is 0 Å². The smallest absolute Gasteiger partial charge is 0.0935 e. The Balaban J connectivity index is 2.80. The van der Waals surface area contributed by atoms with Gasteiger partial charge in [-0.05, 0) is 12.1 Å². The number of rotatable bonds is 0. The number of aromatic nitrogens is 2. The zero-order chi connectivity index (χ0) is 10.3. The lowest BCUT2D eigenvalue weighted by Crippen LogP contribution is -2.12. The van der Waals surface area contributed by atoms with Gasteiger partial charge in [-0.3, -0.25) is 5.10 Å². The fraction of sp³-hybridized carbons (Fsp3) is 0.364. The topological polar surface area (TPSA) is 28.7 Å². The molecule has 1 aromatic heterocycles. The molecule has 0 atom stereocenters. The van der Waals surface area contributed by atoms with Crippen LogP contribution in [0.25, 0.3) is 10.9 Å². The predicted molar refractivity (Wildman–Crippen MR) is 62.5 cm³/mol. The molecule has 2 nitrogen and oxygen atoms in total. The number of H-pyrrole nitrogens is 1. The molecule has 0 bridgehead atoms. The van der Waals surface area contributed by atoms with Crippen LogP contribution in [0.5, 0.6) is 0 Å². The molecule has 14 heavy (non-hydrogen) atoms. The largest absolute Gasteiger partial charge is 0.281 e. The quantitative estimate of drug-likeness (QED) is 0.763. The number of aromatic amines is 1. The molecule has 1 N–H and O–H groups in total. The Morgan fingerprint density at radius 1 is 1.29 bits per heavy atom. The maximum absolute atomic E-state index is 4.29. The van der Waals surface area contributed by atoms with Crippen molar-refractivity contribution in [2.75, 3.05) is 0 Å². The summed E-state index contributed by atoms with van der Waals surface area (Å²) in [4.78, 5) is 0. The van der Waals surface area contributed by atoms with Gasteiger partial charge >= 0.3 is 0 Å². The number of hydrogen-bond acceptors (Lipinski definition) is 1. The van der Waals surface area contributed by atoms with Crippen molar-refractivity contribution in [3.8, 4) is 0 Å². The molecule has 3 heteroatoms. The van der Waals surface area contributed by atoms with Gasteiger partial charge < -0.3 is 0 Å². The Morgan fingerprint density at radius 2 is 2.00 bits per heavy atom. The van der Waals surface area contributed by atoms with E-state index in [0.717, 1.165) is 9.99 Å². The molecule has 0 unspecified atom stereocenters. The molecule has 0 aliphatic carbocycles. The van der Waals surface area contributed by atoms with E-state index in [9.17, 15) is 0 Å². The zero-order valence-corrected chi connectivity index (χ0v) is 10.1. The molecule has 0 saturated carbocycles.